The molecule has 14 heavy (non-hydrogen) atoms. The maximum atomic E-state index is 9.72. The van der Waals surface area contributed by atoms with E-state index in [1.165, 1.54) is 13.0 Å². The normalized spacial score (nSPS) is 37.3. The van der Waals surface area contributed by atoms with Crippen molar-refractivity contribution in [1.82, 2.24) is 9.80 Å². The third kappa shape index (κ3) is 2.25. The van der Waals surface area contributed by atoms with Crippen molar-refractivity contribution in [2.75, 3.05) is 46.4 Å². The van der Waals surface area contributed by atoms with Gasteiger partial charge in [0.25, 0.3) is 0 Å². The molecule has 0 radical (unpaired) electrons. The summed E-state index contributed by atoms with van der Waals surface area (Å²) >= 11 is 0. The smallest absolute Gasteiger partial charge is 0.0950 e. The number of nitrogens with zero attached hydrogens (tertiary/aromatic N) is 2. The first-order valence-electron chi connectivity index (χ1n) is 5.46. The fraction of sp³-hybridized carbons (Fsp3) is 1.00. The van der Waals surface area contributed by atoms with Gasteiger partial charge in [-0.15, -0.1) is 0 Å². The fourth-order valence-corrected chi connectivity index (χ4v) is 2.28. The predicted molar refractivity (Wildman–Crippen MR) is 54.3 cm³/mol. The summed E-state index contributed by atoms with van der Waals surface area (Å²) in [5.74, 6) is 0. The number of hydrogen-bond acceptors (Lipinski definition) is 4. The Kier molecular flexibility index (Phi) is 3.38. The van der Waals surface area contributed by atoms with Gasteiger partial charge in [0.05, 0.1) is 25.4 Å². The Morgan fingerprint density at radius 2 is 2.00 bits per heavy atom. The zero-order chi connectivity index (χ0) is 9.97. The van der Waals surface area contributed by atoms with Gasteiger partial charge >= 0.3 is 0 Å². The summed E-state index contributed by atoms with van der Waals surface area (Å²) in [4.78, 5) is 4.73. The van der Waals surface area contributed by atoms with Gasteiger partial charge in [-0.2, -0.15) is 0 Å². The van der Waals surface area contributed by atoms with E-state index in [2.05, 4.69) is 16.8 Å². The van der Waals surface area contributed by atoms with Gasteiger partial charge < -0.3 is 14.7 Å². The van der Waals surface area contributed by atoms with Crippen LogP contribution in [0.15, 0.2) is 0 Å². The summed E-state index contributed by atoms with van der Waals surface area (Å²) in [6, 6.07) is 0.237. The van der Waals surface area contributed by atoms with Crippen molar-refractivity contribution >= 4 is 0 Å². The van der Waals surface area contributed by atoms with Crippen LogP contribution in [-0.2, 0) is 4.74 Å². The third-order valence-corrected chi connectivity index (χ3v) is 3.24. The molecule has 0 spiro atoms. The molecule has 4 heteroatoms. The van der Waals surface area contributed by atoms with Crippen molar-refractivity contribution in [2.45, 2.75) is 18.6 Å². The van der Waals surface area contributed by atoms with E-state index in [0.29, 0.717) is 13.2 Å². The summed E-state index contributed by atoms with van der Waals surface area (Å²) in [6.45, 7) is 5.63. The lowest BCUT2D eigenvalue weighted by Gasteiger charge is -2.28. The second-order valence-electron chi connectivity index (χ2n) is 4.36. The number of hydrogen-bond donors (Lipinski definition) is 1. The molecular formula is C10H20N2O2. The first-order chi connectivity index (χ1) is 6.77. The Morgan fingerprint density at radius 1 is 1.14 bits per heavy atom. The minimum Gasteiger partial charge on any atom is -0.389 e. The molecule has 2 heterocycles. The first kappa shape index (κ1) is 10.4. The van der Waals surface area contributed by atoms with Gasteiger partial charge in [-0.3, -0.25) is 4.90 Å². The molecule has 2 fully saturated rings. The second kappa shape index (κ2) is 4.57. The summed E-state index contributed by atoms with van der Waals surface area (Å²) in [6.07, 6.45) is 0.915. The first-order valence-corrected chi connectivity index (χ1v) is 5.46. The highest BCUT2D eigenvalue weighted by Gasteiger charge is 2.31. The fourth-order valence-electron chi connectivity index (χ4n) is 2.28. The van der Waals surface area contributed by atoms with Crippen molar-refractivity contribution in [3.8, 4) is 0 Å². The SMILES string of the molecule is CN1CCCN([C@@H]2COC[C@H]2O)CC1. The second-order valence-corrected chi connectivity index (χ2v) is 4.36. The Bertz CT molecular complexity index is 189. The van der Waals surface area contributed by atoms with E-state index >= 15 is 0 Å². The van der Waals surface area contributed by atoms with Crippen LogP contribution in [0, 0.1) is 0 Å². The van der Waals surface area contributed by atoms with Crippen molar-refractivity contribution < 1.29 is 9.84 Å². The maximum absolute atomic E-state index is 9.72. The monoisotopic (exact) mass is 200 g/mol. The topological polar surface area (TPSA) is 35.9 Å². The summed E-state index contributed by atoms with van der Waals surface area (Å²) < 4.78 is 5.28. The molecule has 0 aromatic carbocycles. The maximum Gasteiger partial charge on any atom is 0.0950 e. The Hall–Kier alpha value is -0.160. The van der Waals surface area contributed by atoms with E-state index in [9.17, 15) is 5.11 Å². The molecule has 1 N–H and O–H groups in total. The number of aliphatic hydroxyl groups is 1. The summed E-state index contributed by atoms with van der Waals surface area (Å²) in [5.41, 5.74) is 0. The molecule has 0 bridgehead atoms. The quantitative estimate of drug-likeness (QED) is 0.612. The van der Waals surface area contributed by atoms with Gasteiger partial charge in [0.1, 0.15) is 0 Å². The molecule has 0 aromatic rings. The molecule has 2 rings (SSSR count). The highest BCUT2D eigenvalue weighted by atomic mass is 16.5. The van der Waals surface area contributed by atoms with Crippen molar-refractivity contribution in [2.24, 2.45) is 0 Å². The van der Waals surface area contributed by atoms with Gasteiger partial charge in [0, 0.05) is 13.1 Å². The van der Waals surface area contributed by atoms with Crippen molar-refractivity contribution in [3.05, 3.63) is 0 Å². The lowest BCUT2D eigenvalue weighted by molar-refractivity contribution is 0.0844. The summed E-state index contributed by atoms with van der Waals surface area (Å²) in [7, 11) is 2.16. The number of ether oxygens (including phenoxy) is 1. The molecule has 0 unspecified atom stereocenters. The van der Waals surface area contributed by atoms with E-state index in [-0.39, 0.29) is 12.1 Å². The van der Waals surface area contributed by atoms with Gasteiger partial charge in [0.2, 0.25) is 0 Å². The van der Waals surface area contributed by atoms with Crippen LogP contribution >= 0.6 is 0 Å². The van der Waals surface area contributed by atoms with Crippen LogP contribution in [0.25, 0.3) is 0 Å². The van der Waals surface area contributed by atoms with Crippen LogP contribution in [-0.4, -0.2) is 73.5 Å². The molecule has 0 saturated carbocycles. The average Bonchev–Trinajstić information content (AvgIpc) is 2.46. The highest BCUT2D eigenvalue weighted by Crippen LogP contribution is 2.15. The zero-order valence-electron chi connectivity index (χ0n) is 8.85. The highest BCUT2D eigenvalue weighted by molar-refractivity contribution is 4.85. The Labute approximate surface area is 85.4 Å². The van der Waals surface area contributed by atoms with E-state index in [1.807, 2.05) is 0 Å². The van der Waals surface area contributed by atoms with Gasteiger partial charge in [-0.25, -0.2) is 0 Å². The van der Waals surface area contributed by atoms with E-state index < -0.39 is 0 Å². The molecule has 2 aliphatic rings. The lowest BCUT2D eigenvalue weighted by Crippen LogP contribution is -2.44. The van der Waals surface area contributed by atoms with Crippen LogP contribution in [0.1, 0.15) is 6.42 Å². The zero-order valence-corrected chi connectivity index (χ0v) is 8.85. The molecule has 2 saturated heterocycles. The molecule has 0 amide bonds. The third-order valence-electron chi connectivity index (χ3n) is 3.24. The van der Waals surface area contributed by atoms with Gasteiger partial charge in [-0.1, -0.05) is 0 Å². The molecule has 2 aliphatic heterocycles. The minimum atomic E-state index is -0.279. The van der Waals surface area contributed by atoms with Crippen LogP contribution in [0.3, 0.4) is 0 Å². The number of aliphatic hydroxyl groups excluding tert-OH is 1. The van der Waals surface area contributed by atoms with Crippen molar-refractivity contribution in [3.63, 3.8) is 0 Å². The van der Waals surface area contributed by atoms with Crippen molar-refractivity contribution in [1.29, 1.82) is 0 Å². The Morgan fingerprint density at radius 3 is 2.71 bits per heavy atom. The standard InChI is InChI=1S/C10H20N2O2/c1-11-3-2-4-12(6-5-11)9-7-14-8-10(9)13/h9-10,13H,2-8H2,1H3/t9-,10-/m1/s1. The largest absolute Gasteiger partial charge is 0.389 e. The molecule has 82 valence electrons. The molecule has 4 nitrogen and oxygen atoms in total. The Balaban J connectivity index is 1.90. The van der Waals surface area contributed by atoms with E-state index in [4.69, 9.17) is 4.74 Å². The van der Waals surface area contributed by atoms with Crippen LogP contribution in [0.2, 0.25) is 0 Å². The minimum absolute atomic E-state index is 0.237. The number of rotatable bonds is 1. The molecule has 0 aliphatic carbocycles. The van der Waals surface area contributed by atoms with Crippen LogP contribution in [0.5, 0.6) is 0 Å². The van der Waals surface area contributed by atoms with Gasteiger partial charge in [-0.05, 0) is 26.6 Å². The summed E-state index contributed by atoms with van der Waals surface area (Å²) in [5, 5.41) is 9.72. The number of likely N-dealkylation sites (N-methyl/N-ethyl adjacent to an activating group) is 1. The van der Waals surface area contributed by atoms with E-state index in [0.717, 1.165) is 19.6 Å². The lowest BCUT2D eigenvalue weighted by atomic mass is 10.2. The van der Waals surface area contributed by atoms with Gasteiger partial charge in [0.15, 0.2) is 0 Å². The molecule has 2 atom stereocenters. The predicted octanol–water partition coefficient (Wildman–Crippen LogP) is -0.616. The molecule has 0 aromatic heterocycles. The molecular weight excluding hydrogens is 180 g/mol. The van der Waals surface area contributed by atoms with E-state index in [1.54, 1.807) is 0 Å². The van der Waals surface area contributed by atoms with Crippen LogP contribution in [0.4, 0.5) is 0 Å². The average molecular weight is 200 g/mol. The van der Waals surface area contributed by atoms with Crippen LogP contribution < -0.4 is 0 Å².